The number of aromatic amines is 1. The molecule has 190 valence electrons. The first-order valence-electron chi connectivity index (χ1n) is 12.9. The summed E-state index contributed by atoms with van der Waals surface area (Å²) in [5, 5.41) is 6.84. The number of hydrogen-bond acceptors (Lipinski definition) is 5. The smallest absolute Gasteiger partial charge is 0.155 e. The lowest BCUT2D eigenvalue weighted by atomic mass is 10.0. The van der Waals surface area contributed by atoms with E-state index in [-0.39, 0.29) is 5.54 Å². The van der Waals surface area contributed by atoms with Crippen LogP contribution in [0, 0.1) is 6.92 Å². The summed E-state index contributed by atoms with van der Waals surface area (Å²) in [5.74, 6) is 0.896. The van der Waals surface area contributed by atoms with Gasteiger partial charge >= 0.3 is 0 Å². The number of fused-ring (bicyclic) bond motifs is 2. The topological polar surface area (TPSA) is 75.0 Å². The van der Waals surface area contributed by atoms with Gasteiger partial charge in [0.05, 0.1) is 23.6 Å². The molecule has 0 spiro atoms. The van der Waals surface area contributed by atoms with E-state index < -0.39 is 0 Å². The summed E-state index contributed by atoms with van der Waals surface area (Å²) in [6, 6.07) is 25.3. The van der Waals surface area contributed by atoms with Crippen molar-refractivity contribution in [2.75, 3.05) is 0 Å². The Morgan fingerprint density at radius 1 is 0.868 bits per heavy atom. The maximum atomic E-state index is 5.12. The van der Waals surface area contributed by atoms with Gasteiger partial charge in [0.2, 0.25) is 0 Å². The first kappa shape index (κ1) is 24.0. The molecule has 0 amide bonds. The number of aryl methyl sites for hydroxylation is 1. The quantitative estimate of drug-likeness (QED) is 0.284. The Kier molecular flexibility index (Phi) is 6.00. The van der Waals surface area contributed by atoms with Crippen molar-refractivity contribution in [1.29, 1.82) is 0 Å². The van der Waals surface area contributed by atoms with Crippen molar-refractivity contribution in [3.8, 4) is 22.6 Å². The Hall–Kier alpha value is -4.36. The molecule has 0 fully saturated rings. The van der Waals surface area contributed by atoms with Crippen LogP contribution in [0.15, 0.2) is 85.3 Å². The number of nitrogens with one attached hydrogen (secondary N) is 1. The number of H-pyrrole nitrogens is 1. The summed E-state index contributed by atoms with van der Waals surface area (Å²) in [7, 11) is 0. The second-order valence-electron chi connectivity index (χ2n) is 10.8. The van der Waals surface area contributed by atoms with Crippen LogP contribution in [0.3, 0.4) is 0 Å². The standard InChI is InChI=1S/C31H31N7/c1-21-8-7-11-26(34-21)30-29(25-14-15-28-32-20-33-38(28)18-25)35-27(36-30)19-37(31(2,3)4)17-22-12-13-23-9-5-6-10-24(23)16-22/h5-16,18,20H,17,19H2,1-4H3,(H,35,36). The van der Waals surface area contributed by atoms with Crippen molar-refractivity contribution in [3.05, 3.63) is 102 Å². The maximum Gasteiger partial charge on any atom is 0.155 e. The van der Waals surface area contributed by atoms with Gasteiger partial charge in [0, 0.05) is 29.5 Å². The van der Waals surface area contributed by atoms with Crippen molar-refractivity contribution >= 4 is 16.4 Å². The van der Waals surface area contributed by atoms with Gasteiger partial charge in [-0.3, -0.25) is 9.88 Å². The van der Waals surface area contributed by atoms with Gasteiger partial charge in [0.15, 0.2) is 5.65 Å². The zero-order valence-corrected chi connectivity index (χ0v) is 22.2. The molecule has 0 aliphatic heterocycles. The molecule has 1 N–H and O–H groups in total. The van der Waals surface area contributed by atoms with Gasteiger partial charge in [0.25, 0.3) is 0 Å². The van der Waals surface area contributed by atoms with E-state index in [4.69, 9.17) is 9.97 Å². The lowest BCUT2D eigenvalue weighted by Crippen LogP contribution is -2.40. The van der Waals surface area contributed by atoms with Gasteiger partial charge in [-0.15, -0.1) is 0 Å². The Bertz CT molecular complexity index is 1740. The van der Waals surface area contributed by atoms with Gasteiger partial charge in [-0.25, -0.2) is 14.5 Å². The summed E-state index contributed by atoms with van der Waals surface area (Å²) in [6.45, 7) is 10.2. The number of aromatic nitrogens is 6. The van der Waals surface area contributed by atoms with E-state index in [0.717, 1.165) is 46.4 Å². The zero-order valence-electron chi connectivity index (χ0n) is 22.2. The summed E-state index contributed by atoms with van der Waals surface area (Å²) >= 11 is 0. The van der Waals surface area contributed by atoms with Crippen molar-refractivity contribution < 1.29 is 0 Å². The van der Waals surface area contributed by atoms with E-state index in [0.29, 0.717) is 6.54 Å². The van der Waals surface area contributed by atoms with Crippen molar-refractivity contribution in [3.63, 3.8) is 0 Å². The van der Waals surface area contributed by atoms with Crippen molar-refractivity contribution in [2.24, 2.45) is 0 Å². The number of hydrogen-bond donors (Lipinski definition) is 1. The zero-order chi connectivity index (χ0) is 26.3. The van der Waals surface area contributed by atoms with Crippen molar-refractivity contribution in [1.82, 2.24) is 34.4 Å². The second kappa shape index (κ2) is 9.50. The van der Waals surface area contributed by atoms with E-state index in [1.807, 2.05) is 43.5 Å². The fraction of sp³-hybridized carbons (Fsp3) is 0.226. The van der Waals surface area contributed by atoms with E-state index >= 15 is 0 Å². The van der Waals surface area contributed by atoms with Crippen molar-refractivity contribution in [2.45, 2.75) is 46.3 Å². The van der Waals surface area contributed by atoms with E-state index in [2.05, 4.69) is 83.2 Å². The average molecular weight is 502 g/mol. The highest BCUT2D eigenvalue weighted by atomic mass is 15.3. The highest BCUT2D eigenvalue weighted by molar-refractivity contribution is 5.83. The lowest BCUT2D eigenvalue weighted by molar-refractivity contribution is 0.115. The molecule has 4 aromatic heterocycles. The van der Waals surface area contributed by atoms with Crippen LogP contribution < -0.4 is 0 Å². The fourth-order valence-corrected chi connectivity index (χ4v) is 4.80. The predicted molar refractivity (Wildman–Crippen MR) is 151 cm³/mol. The Morgan fingerprint density at radius 3 is 2.53 bits per heavy atom. The summed E-state index contributed by atoms with van der Waals surface area (Å²) in [6.07, 6.45) is 3.53. The minimum Gasteiger partial charge on any atom is -0.339 e. The number of benzene rings is 2. The van der Waals surface area contributed by atoms with E-state index in [1.165, 1.54) is 16.3 Å². The molecule has 6 rings (SSSR count). The summed E-state index contributed by atoms with van der Waals surface area (Å²) in [5.41, 5.74) is 6.56. The predicted octanol–water partition coefficient (Wildman–Crippen LogP) is 6.44. The molecule has 7 nitrogen and oxygen atoms in total. The third-order valence-electron chi connectivity index (χ3n) is 6.92. The van der Waals surface area contributed by atoms with Gasteiger partial charge in [-0.2, -0.15) is 5.10 Å². The minimum absolute atomic E-state index is 0.0695. The first-order chi connectivity index (χ1) is 18.3. The number of nitrogens with zero attached hydrogens (tertiary/aromatic N) is 6. The van der Waals surface area contributed by atoms with Crippen LogP contribution in [0.2, 0.25) is 0 Å². The molecule has 7 heteroatoms. The van der Waals surface area contributed by atoms with Crippen LogP contribution >= 0.6 is 0 Å². The molecule has 0 saturated heterocycles. The molecule has 0 bridgehead atoms. The molecule has 0 atom stereocenters. The molecule has 0 radical (unpaired) electrons. The third kappa shape index (κ3) is 4.80. The van der Waals surface area contributed by atoms with Crippen LogP contribution in [0.1, 0.15) is 37.9 Å². The average Bonchev–Trinajstić information content (AvgIpc) is 3.54. The Balaban J connectivity index is 1.39. The largest absolute Gasteiger partial charge is 0.339 e. The third-order valence-corrected chi connectivity index (χ3v) is 6.92. The summed E-state index contributed by atoms with van der Waals surface area (Å²) in [4.78, 5) is 20.3. The maximum absolute atomic E-state index is 5.12. The van der Waals surface area contributed by atoms with Crippen LogP contribution in [-0.4, -0.2) is 40.0 Å². The van der Waals surface area contributed by atoms with Crippen LogP contribution in [0.4, 0.5) is 0 Å². The minimum atomic E-state index is -0.0695. The fourth-order valence-electron chi connectivity index (χ4n) is 4.80. The first-order valence-corrected chi connectivity index (χ1v) is 12.9. The SMILES string of the molecule is Cc1cccc(-c2[nH]c(CN(Cc3ccc4ccccc4c3)C(C)(C)C)nc2-c2ccc3ncnn3c2)n1. The molecular weight excluding hydrogens is 470 g/mol. The molecule has 0 unspecified atom stereocenters. The molecule has 0 saturated carbocycles. The molecule has 4 heterocycles. The second-order valence-corrected chi connectivity index (χ2v) is 10.8. The highest BCUT2D eigenvalue weighted by Gasteiger charge is 2.25. The normalized spacial score (nSPS) is 12.1. The highest BCUT2D eigenvalue weighted by Crippen LogP contribution is 2.31. The number of imidazole rings is 1. The molecule has 0 aliphatic rings. The molecular formula is C31H31N7. The molecule has 38 heavy (non-hydrogen) atoms. The summed E-state index contributed by atoms with van der Waals surface area (Å²) < 4.78 is 1.78. The number of pyridine rings is 2. The number of rotatable bonds is 6. The monoisotopic (exact) mass is 501 g/mol. The molecule has 2 aromatic carbocycles. The van der Waals surface area contributed by atoms with Gasteiger partial charge in [0.1, 0.15) is 12.2 Å². The van der Waals surface area contributed by atoms with E-state index in [9.17, 15) is 0 Å². The van der Waals surface area contributed by atoms with Gasteiger partial charge in [-0.05, 0) is 74.4 Å². The van der Waals surface area contributed by atoms with Crippen LogP contribution in [0.5, 0.6) is 0 Å². The van der Waals surface area contributed by atoms with Gasteiger partial charge in [-0.1, -0.05) is 42.5 Å². The van der Waals surface area contributed by atoms with Gasteiger partial charge < -0.3 is 4.98 Å². The Labute approximate surface area is 222 Å². The van der Waals surface area contributed by atoms with E-state index in [1.54, 1.807) is 10.8 Å². The molecule has 0 aliphatic carbocycles. The van der Waals surface area contributed by atoms with Crippen LogP contribution in [-0.2, 0) is 13.1 Å². The van der Waals surface area contributed by atoms with Crippen LogP contribution in [0.25, 0.3) is 39.1 Å². The lowest BCUT2D eigenvalue weighted by Gasteiger charge is -2.35. The Morgan fingerprint density at radius 2 is 1.71 bits per heavy atom. The molecule has 6 aromatic rings.